The first-order valence-corrected chi connectivity index (χ1v) is 6.92. The molecule has 100 valence electrons. The molecule has 0 amide bonds. The van der Waals surface area contributed by atoms with Crippen LogP contribution in [0.25, 0.3) is 0 Å². The van der Waals surface area contributed by atoms with E-state index >= 15 is 0 Å². The van der Waals surface area contributed by atoms with Crippen LogP contribution < -0.4 is 5.32 Å². The maximum atomic E-state index is 11.2. The maximum Gasteiger partial charge on any atom is 0.337 e. The van der Waals surface area contributed by atoms with Crippen LogP contribution in [-0.2, 0) is 6.54 Å². The van der Waals surface area contributed by atoms with Gasteiger partial charge in [0.2, 0.25) is 0 Å². The number of carbonyl (C=O) groups is 1. The average molecular weight is 275 g/mol. The molecule has 19 heavy (non-hydrogen) atoms. The fourth-order valence-electron chi connectivity index (χ4n) is 1.91. The molecule has 0 saturated heterocycles. The minimum Gasteiger partial charge on any atom is -0.478 e. The Labute approximate surface area is 116 Å². The Balaban J connectivity index is 2.17. The van der Waals surface area contributed by atoms with Crippen molar-refractivity contribution in [3.8, 4) is 0 Å². The lowest BCUT2D eigenvalue weighted by molar-refractivity contribution is 0.0698. The molecule has 0 aliphatic carbocycles. The minimum absolute atomic E-state index is 0.324. The number of aromatic carboxylic acids is 1. The quantitative estimate of drug-likeness (QED) is 0.887. The summed E-state index contributed by atoms with van der Waals surface area (Å²) < 4.78 is 0. The Morgan fingerprint density at radius 3 is 2.58 bits per heavy atom. The predicted molar refractivity (Wildman–Crippen MR) is 79.3 cm³/mol. The molecule has 2 rings (SSSR count). The van der Waals surface area contributed by atoms with Gasteiger partial charge in [-0.2, -0.15) is 0 Å². The summed E-state index contributed by atoms with van der Waals surface area (Å²) in [5, 5.41) is 12.4. The zero-order chi connectivity index (χ0) is 14.0. The van der Waals surface area contributed by atoms with E-state index in [-0.39, 0.29) is 0 Å². The van der Waals surface area contributed by atoms with Gasteiger partial charge in [0.05, 0.1) is 5.56 Å². The van der Waals surface area contributed by atoms with E-state index < -0.39 is 5.97 Å². The normalized spacial score (nSPS) is 10.5. The van der Waals surface area contributed by atoms with Crippen LogP contribution in [0.5, 0.6) is 0 Å². The van der Waals surface area contributed by atoms with Crippen LogP contribution in [0.15, 0.2) is 24.3 Å². The van der Waals surface area contributed by atoms with Crippen LogP contribution >= 0.6 is 11.3 Å². The van der Waals surface area contributed by atoms with Crippen molar-refractivity contribution in [2.24, 2.45) is 0 Å². The zero-order valence-corrected chi connectivity index (χ0v) is 12.1. The van der Waals surface area contributed by atoms with Gasteiger partial charge in [-0.25, -0.2) is 4.79 Å². The highest BCUT2D eigenvalue weighted by Crippen LogP contribution is 2.23. The minimum atomic E-state index is -0.898. The Kier molecular flexibility index (Phi) is 3.90. The number of hydrogen-bond donors (Lipinski definition) is 2. The highest BCUT2D eigenvalue weighted by molar-refractivity contribution is 7.12. The Morgan fingerprint density at radius 2 is 2.00 bits per heavy atom. The van der Waals surface area contributed by atoms with E-state index in [1.807, 2.05) is 19.1 Å². The smallest absolute Gasteiger partial charge is 0.337 e. The molecular formula is C15H17NO2S. The summed E-state index contributed by atoms with van der Waals surface area (Å²) in [5.74, 6) is -0.898. The number of anilines is 1. The molecule has 0 unspecified atom stereocenters. The first-order valence-electron chi connectivity index (χ1n) is 6.11. The van der Waals surface area contributed by atoms with Crippen LogP contribution in [0.1, 0.15) is 31.2 Å². The van der Waals surface area contributed by atoms with E-state index in [1.54, 1.807) is 17.4 Å². The van der Waals surface area contributed by atoms with E-state index in [1.165, 1.54) is 15.3 Å². The van der Waals surface area contributed by atoms with Gasteiger partial charge in [0, 0.05) is 22.0 Å². The number of benzene rings is 1. The molecule has 1 aromatic heterocycles. The molecule has 0 bridgehead atoms. The van der Waals surface area contributed by atoms with Crippen molar-refractivity contribution in [3.05, 3.63) is 50.7 Å². The Hall–Kier alpha value is -1.81. The van der Waals surface area contributed by atoms with Crippen molar-refractivity contribution >= 4 is 23.0 Å². The second-order valence-electron chi connectivity index (χ2n) is 4.66. The zero-order valence-electron chi connectivity index (χ0n) is 11.3. The number of aryl methyl sites for hydroxylation is 3. The summed E-state index contributed by atoms with van der Waals surface area (Å²) in [6.45, 7) is 6.73. The Morgan fingerprint density at radius 1 is 1.26 bits per heavy atom. The third kappa shape index (κ3) is 3.15. The summed E-state index contributed by atoms with van der Waals surface area (Å²) in [5.41, 5.74) is 3.22. The van der Waals surface area contributed by atoms with Gasteiger partial charge in [-0.3, -0.25) is 0 Å². The van der Waals surface area contributed by atoms with Crippen molar-refractivity contribution in [1.29, 1.82) is 0 Å². The molecule has 1 heterocycles. The van der Waals surface area contributed by atoms with Gasteiger partial charge in [-0.1, -0.05) is 11.6 Å². The fourth-order valence-corrected chi connectivity index (χ4v) is 2.90. The predicted octanol–water partition coefficient (Wildman–Crippen LogP) is 3.98. The van der Waals surface area contributed by atoms with Gasteiger partial charge < -0.3 is 10.4 Å². The van der Waals surface area contributed by atoms with Gasteiger partial charge in [0.1, 0.15) is 0 Å². The van der Waals surface area contributed by atoms with Crippen molar-refractivity contribution in [2.45, 2.75) is 27.3 Å². The fraction of sp³-hybridized carbons (Fsp3) is 0.267. The monoisotopic (exact) mass is 275 g/mol. The molecule has 0 aliphatic rings. The molecule has 2 aromatic rings. The first-order chi connectivity index (χ1) is 8.97. The van der Waals surface area contributed by atoms with E-state index in [0.717, 1.165) is 5.56 Å². The summed E-state index contributed by atoms with van der Waals surface area (Å²) in [4.78, 5) is 13.7. The van der Waals surface area contributed by atoms with Crippen LogP contribution in [0.4, 0.5) is 5.69 Å². The van der Waals surface area contributed by atoms with Crippen molar-refractivity contribution in [1.82, 2.24) is 0 Å². The lowest BCUT2D eigenvalue weighted by Crippen LogP contribution is -2.06. The van der Waals surface area contributed by atoms with Crippen LogP contribution in [-0.4, -0.2) is 11.1 Å². The second kappa shape index (κ2) is 5.45. The number of rotatable bonds is 4. The molecule has 0 fully saturated rings. The number of thiophene rings is 1. The standard InChI is InChI=1S/C15H17NO2S/c1-9-4-5-14(13(6-9)15(17)18)16-8-12-7-10(2)11(3)19-12/h4-7,16H,8H2,1-3H3,(H,17,18). The highest BCUT2D eigenvalue weighted by Gasteiger charge is 2.10. The van der Waals surface area contributed by atoms with Crippen molar-refractivity contribution < 1.29 is 9.90 Å². The third-order valence-electron chi connectivity index (χ3n) is 3.08. The topological polar surface area (TPSA) is 49.3 Å². The van der Waals surface area contributed by atoms with E-state index in [0.29, 0.717) is 17.8 Å². The van der Waals surface area contributed by atoms with Crippen LogP contribution in [0.2, 0.25) is 0 Å². The molecular weight excluding hydrogens is 258 g/mol. The molecule has 0 spiro atoms. The molecule has 0 saturated carbocycles. The summed E-state index contributed by atoms with van der Waals surface area (Å²) >= 11 is 1.74. The van der Waals surface area contributed by atoms with Crippen molar-refractivity contribution in [3.63, 3.8) is 0 Å². The van der Waals surface area contributed by atoms with Gasteiger partial charge in [0.25, 0.3) is 0 Å². The first kappa shape index (κ1) is 13.6. The summed E-state index contributed by atoms with van der Waals surface area (Å²) in [7, 11) is 0. The van der Waals surface area contributed by atoms with E-state index in [2.05, 4.69) is 25.2 Å². The Bertz CT molecular complexity index is 597. The van der Waals surface area contributed by atoms with Gasteiger partial charge >= 0.3 is 5.97 Å². The average Bonchev–Trinajstić information content (AvgIpc) is 2.67. The maximum absolute atomic E-state index is 11.2. The summed E-state index contributed by atoms with van der Waals surface area (Å²) in [6, 6.07) is 7.57. The largest absolute Gasteiger partial charge is 0.478 e. The number of carboxylic acids is 1. The molecule has 0 aliphatic heterocycles. The van der Waals surface area contributed by atoms with E-state index in [4.69, 9.17) is 0 Å². The summed E-state index contributed by atoms with van der Waals surface area (Å²) in [6.07, 6.45) is 0. The molecule has 0 atom stereocenters. The molecule has 4 heteroatoms. The van der Waals surface area contributed by atoms with E-state index in [9.17, 15) is 9.90 Å². The molecule has 2 N–H and O–H groups in total. The number of carboxylic acid groups (broad SMARTS) is 1. The molecule has 1 aromatic carbocycles. The lowest BCUT2D eigenvalue weighted by Gasteiger charge is -2.09. The van der Waals surface area contributed by atoms with Crippen LogP contribution in [0, 0.1) is 20.8 Å². The molecule has 3 nitrogen and oxygen atoms in total. The second-order valence-corrected chi connectivity index (χ2v) is 6.00. The van der Waals surface area contributed by atoms with Gasteiger partial charge in [0.15, 0.2) is 0 Å². The van der Waals surface area contributed by atoms with Gasteiger partial charge in [-0.05, 0) is 44.5 Å². The molecule has 0 radical (unpaired) electrons. The van der Waals surface area contributed by atoms with Crippen molar-refractivity contribution in [2.75, 3.05) is 5.32 Å². The number of hydrogen-bond acceptors (Lipinski definition) is 3. The lowest BCUT2D eigenvalue weighted by atomic mass is 10.1. The van der Waals surface area contributed by atoms with Gasteiger partial charge in [-0.15, -0.1) is 11.3 Å². The van der Waals surface area contributed by atoms with Crippen LogP contribution in [0.3, 0.4) is 0 Å². The SMILES string of the molecule is Cc1ccc(NCc2cc(C)c(C)s2)c(C(=O)O)c1. The highest BCUT2D eigenvalue weighted by atomic mass is 32.1. The number of nitrogens with one attached hydrogen (secondary N) is 1. The third-order valence-corrected chi connectivity index (χ3v) is 4.23.